The molecule has 0 aromatic heterocycles. The Balaban J connectivity index is 2.73. The van der Waals surface area contributed by atoms with Crippen molar-refractivity contribution >= 4 is 17.6 Å². The van der Waals surface area contributed by atoms with Gasteiger partial charge in [0.15, 0.2) is 5.56 Å². The molecule has 0 heterocycles. The molecule has 76 valence electrons. The third kappa shape index (κ3) is 2.92. The van der Waals surface area contributed by atoms with Crippen molar-refractivity contribution in [3.63, 3.8) is 0 Å². The van der Waals surface area contributed by atoms with Crippen molar-refractivity contribution in [2.45, 2.75) is 12.5 Å². The minimum atomic E-state index is -0.390. The highest BCUT2D eigenvalue weighted by Gasteiger charge is 2.05. The van der Waals surface area contributed by atoms with Gasteiger partial charge in [-0.15, -0.1) is 0 Å². The molecule has 0 N–H and O–H groups in total. The Morgan fingerprint density at radius 1 is 1.36 bits per heavy atom. The van der Waals surface area contributed by atoms with E-state index in [0.717, 1.165) is 0 Å². The van der Waals surface area contributed by atoms with Crippen LogP contribution in [-0.4, -0.2) is 18.6 Å². The van der Waals surface area contributed by atoms with Crippen molar-refractivity contribution in [2.24, 2.45) is 0 Å². The second-order valence-corrected chi connectivity index (χ2v) is 3.29. The van der Waals surface area contributed by atoms with Crippen LogP contribution >= 0.6 is 11.6 Å². The molecule has 0 saturated heterocycles. The van der Waals surface area contributed by atoms with E-state index in [1.807, 2.05) is 0 Å². The van der Waals surface area contributed by atoms with Crippen LogP contribution in [0.15, 0.2) is 24.3 Å². The van der Waals surface area contributed by atoms with Crippen molar-refractivity contribution in [3.05, 3.63) is 29.8 Å². The molecule has 1 atom stereocenters. The van der Waals surface area contributed by atoms with Crippen LogP contribution in [0.25, 0.3) is 0 Å². The second-order valence-electron chi connectivity index (χ2n) is 2.68. The van der Waals surface area contributed by atoms with E-state index in [4.69, 9.17) is 16.3 Å². The molecule has 3 nitrogen and oxygen atoms in total. The molecule has 0 spiro atoms. The minimum absolute atomic E-state index is 0.365. The predicted octanol–water partition coefficient (Wildman–Crippen LogP) is 2.44. The molecule has 1 aromatic rings. The number of carbonyl (C=O) groups is 1. The van der Waals surface area contributed by atoms with Gasteiger partial charge in [-0.3, -0.25) is 0 Å². The Bertz CT molecular complexity index is 306. The molecular formula is C10H11ClO3. The van der Waals surface area contributed by atoms with E-state index in [9.17, 15) is 4.79 Å². The number of hydrogen-bond donors (Lipinski definition) is 0. The van der Waals surface area contributed by atoms with Gasteiger partial charge in [0.1, 0.15) is 5.75 Å². The van der Waals surface area contributed by atoms with Gasteiger partial charge in [0, 0.05) is 0 Å². The van der Waals surface area contributed by atoms with E-state index < -0.39 is 0 Å². The smallest absolute Gasteiger partial charge is 0.337 e. The summed E-state index contributed by atoms with van der Waals surface area (Å²) in [4.78, 5) is 11.1. The van der Waals surface area contributed by atoms with Gasteiger partial charge in [0.2, 0.25) is 0 Å². The van der Waals surface area contributed by atoms with Crippen LogP contribution in [0.3, 0.4) is 0 Å². The summed E-state index contributed by atoms with van der Waals surface area (Å²) >= 11 is 5.63. The minimum Gasteiger partial charge on any atom is -0.475 e. The summed E-state index contributed by atoms with van der Waals surface area (Å²) in [5.41, 5.74) is 0.0982. The average Bonchev–Trinajstić information content (AvgIpc) is 2.17. The lowest BCUT2D eigenvalue weighted by atomic mass is 10.2. The zero-order chi connectivity index (χ0) is 10.6. The molecule has 1 unspecified atom stereocenters. The van der Waals surface area contributed by atoms with Crippen LogP contribution in [0.1, 0.15) is 17.3 Å². The average molecular weight is 215 g/mol. The lowest BCUT2D eigenvalue weighted by Crippen LogP contribution is -2.04. The van der Waals surface area contributed by atoms with Crippen molar-refractivity contribution < 1.29 is 14.3 Å². The fourth-order valence-electron chi connectivity index (χ4n) is 0.975. The van der Waals surface area contributed by atoms with Crippen LogP contribution in [0.5, 0.6) is 5.75 Å². The molecule has 1 rings (SSSR count). The summed E-state index contributed by atoms with van der Waals surface area (Å²) in [5, 5.41) is 0. The van der Waals surface area contributed by atoms with Crippen molar-refractivity contribution in [1.29, 1.82) is 0 Å². The Morgan fingerprint density at radius 2 is 1.93 bits per heavy atom. The summed E-state index contributed by atoms with van der Waals surface area (Å²) in [6.45, 7) is 1.72. The monoisotopic (exact) mass is 214 g/mol. The first kappa shape index (κ1) is 10.9. The Kier molecular flexibility index (Phi) is 3.77. The number of halogens is 1. The van der Waals surface area contributed by atoms with Gasteiger partial charge in [-0.05, 0) is 31.2 Å². The number of ether oxygens (including phenoxy) is 2. The van der Waals surface area contributed by atoms with E-state index in [-0.39, 0.29) is 11.5 Å². The van der Waals surface area contributed by atoms with Gasteiger partial charge in [-0.1, -0.05) is 11.6 Å². The number of benzene rings is 1. The topological polar surface area (TPSA) is 35.5 Å². The fraction of sp³-hybridized carbons (Fsp3) is 0.300. The van der Waals surface area contributed by atoms with Crippen LogP contribution < -0.4 is 4.74 Å². The van der Waals surface area contributed by atoms with E-state index in [1.54, 1.807) is 31.2 Å². The standard InChI is InChI=1S/C10H11ClO3/c1-7(11)14-9-5-3-8(4-6-9)10(12)13-2/h3-7H,1-2H3. The first-order valence-corrected chi connectivity index (χ1v) is 4.56. The molecule has 14 heavy (non-hydrogen) atoms. The highest BCUT2D eigenvalue weighted by molar-refractivity contribution is 6.19. The third-order valence-corrected chi connectivity index (χ3v) is 1.66. The molecule has 0 aliphatic carbocycles. The summed E-state index contributed by atoms with van der Waals surface area (Å²) in [6, 6.07) is 6.59. The van der Waals surface area contributed by atoms with Crippen LogP contribution in [0.4, 0.5) is 0 Å². The predicted molar refractivity (Wildman–Crippen MR) is 53.7 cm³/mol. The van der Waals surface area contributed by atoms with Crippen LogP contribution in [0, 0.1) is 0 Å². The quantitative estimate of drug-likeness (QED) is 0.573. The number of hydrogen-bond acceptors (Lipinski definition) is 3. The zero-order valence-electron chi connectivity index (χ0n) is 7.99. The molecule has 0 aliphatic heterocycles. The Hall–Kier alpha value is -1.22. The molecule has 0 bridgehead atoms. The van der Waals surface area contributed by atoms with Crippen LogP contribution in [-0.2, 0) is 4.74 Å². The van der Waals surface area contributed by atoms with Gasteiger partial charge >= 0.3 is 5.97 Å². The fourth-order valence-corrected chi connectivity index (χ4v) is 1.08. The normalized spacial score (nSPS) is 11.9. The van der Waals surface area contributed by atoms with Gasteiger partial charge in [0.25, 0.3) is 0 Å². The van der Waals surface area contributed by atoms with E-state index in [0.29, 0.717) is 11.3 Å². The third-order valence-electron chi connectivity index (χ3n) is 1.57. The molecule has 0 amide bonds. The zero-order valence-corrected chi connectivity index (χ0v) is 8.75. The van der Waals surface area contributed by atoms with Crippen molar-refractivity contribution in [2.75, 3.05) is 7.11 Å². The number of rotatable bonds is 3. The summed E-state index contributed by atoms with van der Waals surface area (Å²) in [7, 11) is 1.34. The summed E-state index contributed by atoms with van der Waals surface area (Å²) in [6.07, 6.45) is 0. The van der Waals surface area contributed by atoms with Gasteiger partial charge in [-0.25, -0.2) is 4.79 Å². The molecule has 0 saturated carbocycles. The molecule has 0 fully saturated rings. The second kappa shape index (κ2) is 4.86. The Labute approximate surface area is 87.6 Å². The van der Waals surface area contributed by atoms with E-state index in [1.165, 1.54) is 7.11 Å². The first-order valence-electron chi connectivity index (χ1n) is 4.12. The maximum Gasteiger partial charge on any atom is 0.337 e. The summed E-state index contributed by atoms with van der Waals surface area (Å²) < 4.78 is 9.75. The lowest BCUT2D eigenvalue weighted by Gasteiger charge is -2.07. The molecule has 4 heteroatoms. The highest BCUT2D eigenvalue weighted by Crippen LogP contribution is 2.15. The number of carbonyl (C=O) groups excluding carboxylic acids is 1. The van der Waals surface area contributed by atoms with Crippen molar-refractivity contribution in [3.8, 4) is 5.75 Å². The first-order chi connectivity index (χ1) is 6.63. The molecule has 1 aromatic carbocycles. The van der Waals surface area contributed by atoms with Gasteiger partial charge in [0.05, 0.1) is 12.7 Å². The lowest BCUT2D eigenvalue weighted by molar-refractivity contribution is 0.0600. The number of methoxy groups -OCH3 is 1. The highest BCUT2D eigenvalue weighted by atomic mass is 35.5. The Morgan fingerprint density at radius 3 is 2.36 bits per heavy atom. The van der Waals surface area contributed by atoms with Crippen LogP contribution in [0.2, 0.25) is 0 Å². The number of esters is 1. The molecule has 0 radical (unpaired) electrons. The van der Waals surface area contributed by atoms with E-state index >= 15 is 0 Å². The van der Waals surface area contributed by atoms with Gasteiger partial charge < -0.3 is 9.47 Å². The molecule has 0 aliphatic rings. The number of alkyl halides is 1. The van der Waals surface area contributed by atoms with Crippen molar-refractivity contribution in [1.82, 2.24) is 0 Å². The summed E-state index contributed by atoms with van der Waals surface area (Å²) in [5.74, 6) is 0.260. The molecular weight excluding hydrogens is 204 g/mol. The SMILES string of the molecule is COC(=O)c1ccc(OC(C)Cl)cc1. The van der Waals surface area contributed by atoms with Gasteiger partial charge in [-0.2, -0.15) is 0 Å². The largest absolute Gasteiger partial charge is 0.475 e. The van der Waals surface area contributed by atoms with E-state index in [2.05, 4.69) is 4.74 Å². The maximum atomic E-state index is 11.1. The maximum absolute atomic E-state index is 11.1.